The van der Waals surface area contributed by atoms with Crippen LogP contribution in [0.4, 0.5) is 0 Å². The molecule has 1 N–H and O–H groups in total. The molecule has 3 nitrogen and oxygen atoms in total. The summed E-state index contributed by atoms with van der Waals surface area (Å²) in [5, 5.41) is 3.43. The predicted octanol–water partition coefficient (Wildman–Crippen LogP) is 2.45. The normalized spacial score (nSPS) is 13.3. The minimum Gasteiger partial charge on any atom is -0.379 e. The fourth-order valence-electron chi connectivity index (χ4n) is 1.16. The number of hydrogen-bond donors (Lipinski definition) is 1. The van der Waals surface area contributed by atoms with Crippen molar-refractivity contribution in [3.05, 3.63) is 0 Å². The van der Waals surface area contributed by atoms with Crippen LogP contribution in [0.15, 0.2) is 0 Å². The fraction of sp³-hybridized carbons (Fsp3) is 1.00. The summed E-state index contributed by atoms with van der Waals surface area (Å²) < 4.78 is 10.9. The minimum absolute atomic E-state index is 0.560. The zero-order valence-corrected chi connectivity index (χ0v) is 11.4. The molecule has 0 spiro atoms. The average molecular weight is 231 g/mol. The highest BCUT2D eigenvalue weighted by atomic mass is 16.5. The monoisotopic (exact) mass is 231 g/mol. The van der Waals surface area contributed by atoms with Crippen molar-refractivity contribution in [2.24, 2.45) is 5.92 Å². The van der Waals surface area contributed by atoms with Gasteiger partial charge in [0.25, 0.3) is 0 Å². The summed E-state index contributed by atoms with van der Waals surface area (Å²) in [6, 6.07) is 0.560. The summed E-state index contributed by atoms with van der Waals surface area (Å²) in [6.45, 7) is 12.8. The van der Waals surface area contributed by atoms with Gasteiger partial charge in [0.2, 0.25) is 0 Å². The van der Waals surface area contributed by atoms with Crippen LogP contribution in [0.1, 0.15) is 40.5 Å². The molecule has 0 aromatic carbocycles. The summed E-state index contributed by atoms with van der Waals surface area (Å²) in [7, 11) is 0. The van der Waals surface area contributed by atoms with Gasteiger partial charge in [-0.25, -0.2) is 0 Å². The van der Waals surface area contributed by atoms with Gasteiger partial charge in [0.1, 0.15) is 0 Å². The smallest absolute Gasteiger partial charge is 0.0701 e. The van der Waals surface area contributed by atoms with E-state index in [0.29, 0.717) is 18.6 Å². The number of rotatable bonds is 11. The highest BCUT2D eigenvalue weighted by Gasteiger charge is 2.04. The average Bonchev–Trinajstić information content (AvgIpc) is 2.26. The van der Waals surface area contributed by atoms with E-state index in [9.17, 15) is 0 Å². The second kappa shape index (κ2) is 11.4. The van der Waals surface area contributed by atoms with Gasteiger partial charge in [-0.05, 0) is 19.3 Å². The van der Waals surface area contributed by atoms with Crippen molar-refractivity contribution >= 4 is 0 Å². The zero-order chi connectivity index (χ0) is 12.2. The van der Waals surface area contributed by atoms with E-state index in [2.05, 4.69) is 33.0 Å². The molecule has 0 aliphatic carbocycles. The maximum Gasteiger partial charge on any atom is 0.0701 e. The Morgan fingerprint density at radius 3 is 2.12 bits per heavy atom. The van der Waals surface area contributed by atoms with Crippen LogP contribution in [0, 0.1) is 5.92 Å². The van der Waals surface area contributed by atoms with E-state index < -0.39 is 0 Å². The van der Waals surface area contributed by atoms with Crippen LogP contribution in [-0.2, 0) is 9.47 Å². The Labute approximate surface area is 101 Å². The van der Waals surface area contributed by atoms with E-state index in [0.717, 1.165) is 32.8 Å². The van der Waals surface area contributed by atoms with Gasteiger partial charge in [0, 0.05) is 19.2 Å². The molecule has 0 aromatic rings. The number of hydrogen-bond acceptors (Lipinski definition) is 3. The molecule has 0 radical (unpaired) electrons. The zero-order valence-electron chi connectivity index (χ0n) is 11.4. The topological polar surface area (TPSA) is 30.5 Å². The second-order valence-electron chi connectivity index (χ2n) is 4.57. The predicted molar refractivity (Wildman–Crippen MR) is 68.8 cm³/mol. The summed E-state index contributed by atoms with van der Waals surface area (Å²) in [5.41, 5.74) is 0. The van der Waals surface area contributed by atoms with Gasteiger partial charge < -0.3 is 14.8 Å². The Morgan fingerprint density at radius 2 is 1.56 bits per heavy atom. The Kier molecular flexibility index (Phi) is 11.3. The minimum atomic E-state index is 0.560. The number of unbranched alkanes of at least 4 members (excludes halogenated alkanes) is 1. The molecule has 16 heavy (non-hydrogen) atoms. The SMILES string of the molecule is CCCCOCCOCCNC(C)C(C)C. The largest absolute Gasteiger partial charge is 0.379 e. The standard InChI is InChI=1S/C13H29NO2/c1-5-6-8-15-10-11-16-9-7-14-13(4)12(2)3/h12-14H,5-11H2,1-4H3. The van der Waals surface area contributed by atoms with Gasteiger partial charge >= 0.3 is 0 Å². The lowest BCUT2D eigenvalue weighted by Crippen LogP contribution is -2.33. The lowest BCUT2D eigenvalue weighted by Gasteiger charge is -2.17. The molecule has 0 amide bonds. The lowest BCUT2D eigenvalue weighted by molar-refractivity contribution is 0.0470. The third-order valence-electron chi connectivity index (χ3n) is 2.73. The number of nitrogens with one attached hydrogen (secondary N) is 1. The highest BCUT2D eigenvalue weighted by Crippen LogP contribution is 1.98. The molecule has 0 saturated heterocycles. The van der Waals surface area contributed by atoms with Crippen molar-refractivity contribution in [3.8, 4) is 0 Å². The molecular weight excluding hydrogens is 202 g/mol. The van der Waals surface area contributed by atoms with Crippen LogP contribution >= 0.6 is 0 Å². The maximum atomic E-state index is 5.46. The van der Waals surface area contributed by atoms with Crippen molar-refractivity contribution in [1.82, 2.24) is 5.32 Å². The van der Waals surface area contributed by atoms with Crippen molar-refractivity contribution < 1.29 is 9.47 Å². The van der Waals surface area contributed by atoms with Crippen molar-refractivity contribution in [2.45, 2.75) is 46.6 Å². The summed E-state index contributed by atoms with van der Waals surface area (Å²) in [4.78, 5) is 0. The first kappa shape index (κ1) is 15.9. The number of ether oxygens (including phenoxy) is 2. The molecular formula is C13H29NO2. The molecule has 1 unspecified atom stereocenters. The van der Waals surface area contributed by atoms with Gasteiger partial charge in [-0.3, -0.25) is 0 Å². The Hall–Kier alpha value is -0.120. The van der Waals surface area contributed by atoms with Crippen molar-refractivity contribution in [3.63, 3.8) is 0 Å². The van der Waals surface area contributed by atoms with Crippen LogP contribution in [-0.4, -0.2) is 39.0 Å². The quantitative estimate of drug-likeness (QED) is 0.554. The fourth-order valence-corrected chi connectivity index (χ4v) is 1.16. The van der Waals surface area contributed by atoms with Gasteiger partial charge in [-0.15, -0.1) is 0 Å². The van der Waals surface area contributed by atoms with E-state index in [1.165, 1.54) is 6.42 Å². The Bertz CT molecular complexity index is 140. The summed E-state index contributed by atoms with van der Waals surface area (Å²) >= 11 is 0. The van der Waals surface area contributed by atoms with E-state index in [1.54, 1.807) is 0 Å². The van der Waals surface area contributed by atoms with E-state index in [1.807, 2.05) is 0 Å². The van der Waals surface area contributed by atoms with E-state index in [-0.39, 0.29) is 0 Å². The van der Waals surface area contributed by atoms with E-state index in [4.69, 9.17) is 9.47 Å². The van der Waals surface area contributed by atoms with Crippen LogP contribution in [0.2, 0.25) is 0 Å². The van der Waals surface area contributed by atoms with Crippen molar-refractivity contribution in [2.75, 3.05) is 33.0 Å². The first-order chi connectivity index (χ1) is 7.68. The highest BCUT2D eigenvalue weighted by molar-refractivity contribution is 4.63. The summed E-state index contributed by atoms with van der Waals surface area (Å²) in [5.74, 6) is 0.678. The molecule has 98 valence electrons. The Morgan fingerprint density at radius 1 is 0.938 bits per heavy atom. The summed E-state index contributed by atoms with van der Waals surface area (Å²) in [6.07, 6.45) is 2.34. The molecule has 0 fully saturated rings. The molecule has 0 heterocycles. The van der Waals surface area contributed by atoms with Gasteiger partial charge in [-0.1, -0.05) is 27.2 Å². The van der Waals surface area contributed by atoms with Gasteiger partial charge in [0.15, 0.2) is 0 Å². The van der Waals surface area contributed by atoms with Crippen LogP contribution in [0.3, 0.4) is 0 Å². The Balaban J connectivity index is 3.04. The first-order valence-electron chi connectivity index (χ1n) is 6.57. The van der Waals surface area contributed by atoms with Crippen molar-refractivity contribution in [1.29, 1.82) is 0 Å². The molecule has 0 rings (SSSR count). The third-order valence-corrected chi connectivity index (χ3v) is 2.73. The van der Waals surface area contributed by atoms with Gasteiger partial charge in [0.05, 0.1) is 19.8 Å². The lowest BCUT2D eigenvalue weighted by atomic mass is 10.1. The van der Waals surface area contributed by atoms with E-state index >= 15 is 0 Å². The molecule has 1 atom stereocenters. The van der Waals surface area contributed by atoms with Crippen LogP contribution in [0.25, 0.3) is 0 Å². The second-order valence-corrected chi connectivity index (χ2v) is 4.57. The first-order valence-corrected chi connectivity index (χ1v) is 6.57. The molecule has 0 aliphatic heterocycles. The molecule has 0 aliphatic rings. The molecule has 0 saturated carbocycles. The molecule has 0 aromatic heterocycles. The molecule has 0 bridgehead atoms. The third kappa shape index (κ3) is 10.4. The van der Waals surface area contributed by atoms with Crippen LogP contribution in [0.5, 0.6) is 0 Å². The maximum absolute atomic E-state index is 5.46. The van der Waals surface area contributed by atoms with Gasteiger partial charge in [-0.2, -0.15) is 0 Å². The van der Waals surface area contributed by atoms with Crippen LogP contribution < -0.4 is 5.32 Å². The molecule has 3 heteroatoms.